The van der Waals surface area contributed by atoms with E-state index in [-0.39, 0.29) is 17.0 Å². The molecule has 2 bridgehead atoms. The zero-order valence-electron chi connectivity index (χ0n) is 13.1. The summed E-state index contributed by atoms with van der Waals surface area (Å²) in [4.78, 5) is 24.3. The first-order valence-corrected chi connectivity index (χ1v) is 8.29. The van der Waals surface area contributed by atoms with Crippen molar-refractivity contribution in [2.75, 3.05) is 18.0 Å². The molecule has 2 atom stereocenters. The highest BCUT2D eigenvalue weighted by Gasteiger charge is 2.58. The number of carboxylic acid groups (broad SMARTS) is 1. The van der Waals surface area contributed by atoms with Crippen LogP contribution < -0.4 is 4.90 Å². The second-order valence-corrected chi connectivity index (χ2v) is 8.12. The molecule has 3 rings (SSSR count). The van der Waals surface area contributed by atoms with Gasteiger partial charge in [0, 0.05) is 25.5 Å². The van der Waals surface area contributed by atoms with E-state index in [1.807, 2.05) is 0 Å². The van der Waals surface area contributed by atoms with Gasteiger partial charge in [0.25, 0.3) is 0 Å². The first-order valence-electron chi connectivity index (χ1n) is 7.49. The Morgan fingerprint density at radius 1 is 1.41 bits per heavy atom. The van der Waals surface area contributed by atoms with Crippen molar-refractivity contribution in [1.29, 1.82) is 0 Å². The van der Waals surface area contributed by atoms with Gasteiger partial charge in [0.2, 0.25) is 5.95 Å². The number of likely N-dealkylation sites (tertiary alicyclic amines) is 1. The van der Waals surface area contributed by atoms with E-state index in [2.05, 4.69) is 51.6 Å². The number of nitrogens with zero attached hydrogens (tertiary/aromatic N) is 4. The van der Waals surface area contributed by atoms with E-state index >= 15 is 0 Å². The van der Waals surface area contributed by atoms with Crippen molar-refractivity contribution < 1.29 is 9.90 Å². The zero-order chi connectivity index (χ0) is 16.1. The Balaban J connectivity index is 2.05. The van der Waals surface area contributed by atoms with Gasteiger partial charge in [-0.05, 0) is 34.2 Å². The topological polar surface area (TPSA) is 69.6 Å². The third kappa shape index (κ3) is 2.26. The highest BCUT2D eigenvalue weighted by atomic mass is 79.9. The minimum Gasteiger partial charge on any atom is -0.465 e. The second-order valence-electron chi connectivity index (χ2n) is 7.21. The van der Waals surface area contributed by atoms with E-state index in [0.29, 0.717) is 19.0 Å². The number of hydrogen-bond acceptors (Lipinski definition) is 4. The molecular weight excluding hydrogens is 348 g/mol. The average Bonchev–Trinajstić information content (AvgIpc) is 2.67. The number of halogens is 1. The van der Waals surface area contributed by atoms with Gasteiger partial charge in [0.15, 0.2) is 0 Å². The molecule has 3 heterocycles. The van der Waals surface area contributed by atoms with Gasteiger partial charge < -0.3 is 14.9 Å². The van der Waals surface area contributed by atoms with Crippen molar-refractivity contribution >= 4 is 28.0 Å². The summed E-state index contributed by atoms with van der Waals surface area (Å²) in [7, 11) is 0. The maximum Gasteiger partial charge on any atom is 0.407 e. The lowest BCUT2D eigenvalue weighted by Crippen LogP contribution is -2.68. The average molecular weight is 369 g/mol. The van der Waals surface area contributed by atoms with Crippen LogP contribution in [0.3, 0.4) is 0 Å². The van der Waals surface area contributed by atoms with Gasteiger partial charge >= 0.3 is 6.09 Å². The Labute approximate surface area is 138 Å². The van der Waals surface area contributed by atoms with Gasteiger partial charge in [-0.2, -0.15) is 0 Å². The minimum atomic E-state index is -0.836. The normalized spacial score (nSPS) is 28.1. The lowest BCUT2D eigenvalue weighted by atomic mass is 9.71. The molecule has 22 heavy (non-hydrogen) atoms. The van der Waals surface area contributed by atoms with Gasteiger partial charge in [0.1, 0.15) is 0 Å². The summed E-state index contributed by atoms with van der Waals surface area (Å²) in [5.74, 6) is 0.700. The molecule has 6 nitrogen and oxygen atoms in total. The number of carbonyl (C=O) groups is 1. The van der Waals surface area contributed by atoms with E-state index in [9.17, 15) is 9.90 Å². The molecule has 0 spiro atoms. The predicted octanol–water partition coefficient (Wildman–Crippen LogP) is 2.99. The fourth-order valence-corrected chi connectivity index (χ4v) is 4.08. The molecule has 1 aromatic heterocycles. The standard InChI is InChI=1S/C15H21BrN4O2/c1-14(2,3)15-5-4-11(8-19(9-15)13(21)22)20(15)12-17-6-10(16)7-18-12/h6-7,11H,4-5,8-9H2,1-3H3,(H,21,22). The molecular formula is C15H21BrN4O2. The fourth-order valence-electron chi connectivity index (χ4n) is 3.87. The third-order valence-electron chi connectivity index (χ3n) is 5.09. The number of aromatic nitrogens is 2. The molecule has 1 N–H and O–H groups in total. The van der Waals surface area contributed by atoms with Gasteiger partial charge in [-0.25, -0.2) is 14.8 Å². The lowest BCUT2D eigenvalue weighted by molar-refractivity contribution is 0.0784. The van der Waals surface area contributed by atoms with Crippen molar-refractivity contribution in [1.82, 2.24) is 14.9 Å². The lowest BCUT2D eigenvalue weighted by Gasteiger charge is -2.54. The van der Waals surface area contributed by atoms with Crippen LogP contribution in [-0.4, -0.2) is 50.7 Å². The summed E-state index contributed by atoms with van der Waals surface area (Å²) in [5.41, 5.74) is -0.339. The molecule has 2 aliphatic heterocycles. The van der Waals surface area contributed by atoms with E-state index in [4.69, 9.17) is 0 Å². The quantitative estimate of drug-likeness (QED) is 0.824. The van der Waals surface area contributed by atoms with Crippen molar-refractivity contribution in [2.24, 2.45) is 5.41 Å². The second kappa shape index (κ2) is 5.08. The molecule has 2 fully saturated rings. The minimum absolute atomic E-state index is 0.0771. The zero-order valence-corrected chi connectivity index (χ0v) is 14.7. The van der Waals surface area contributed by atoms with Crippen LogP contribution in [0.5, 0.6) is 0 Å². The molecule has 1 amide bonds. The van der Waals surface area contributed by atoms with Crippen molar-refractivity contribution in [2.45, 2.75) is 45.2 Å². The third-order valence-corrected chi connectivity index (χ3v) is 5.50. The largest absolute Gasteiger partial charge is 0.465 e. The first-order chi connectivity index (χ1) is 10.2. The predicted molar refractivity (Wildman–Crippen MR) is 87.0 cm³/mol. The summed E-state index contributed by atoms with van der Waals surface area (Å²) in [5, 5.41) is 9.44. The Kier molecular flexibility index (Phi) is 3.58. The summed E-state index contributed by atoms with van der Waals surface area (Å²) in [6.45, 7) is 7.54. The van der Waals surface area contributed by atoms with Crippen LogP contribution in [0.15, 0.2) is 16.9 Å². The molecule has 2 aliphatic rings. The Bertz CT molecular complexity index is 586. The fraction of sp³-hybridized carbons (Fsp3) is 0.667. The molecule has 0 saturated carbocycles. The van der Waals surface area contributed by atoms with Crippen LogP contribution in [0, 0.1) is 5.41 Å². The summed E-state index contributed by atoms with van der Waals surface area (Å²) in [6.07, 6.45) is 4.60. The molecule has 120 valence electrons. The van der Waals surface area contributed by atoms with E-state index < -0.39 is 6.09 Å². The summed E-state index contributed by atoms with van der Waals surface area (Å²) in [6, 6.07) is 0.144. The molecule has 2 saturated heterocycles. The Morgan fingerprint density at radius 3 is 2.59 bits per heavy atom. The number of rotatable bonds is 1. The molecule has 7 heteroatoms. The van der Waals surface area contributed by atoms with E-state index in [0.717, 1.165) is 17.3 Å². The van der Waals surface area contributed by atoms with Gasteiger partial charge in [0.05, 0.1) is 16.1 Å². The van der Waals surface area contributed by atoms with Crippen molar-refractivity contribution in [3.8, 4) is 0 Å². The van der Waals surface area contributed by atoms with Crippen LogP contribution in [0.2, 0.25) is 0 Å². The van der Waals surface area contributed by atoms with Crippen LogP contribution in [0.4, 0.5) is 10.7 Å². The highest BCUT2D eigenvalue weighted by molar-refractivity contribution is 9.10. The molecule has 0 aliphatic carbocycles. The summed E-state index contributed by atoms with van der Waals surface area (Å²) < 4.78 is 0.845. The number of piperazine rings is 1. The monoisotopic (exact) mass is 368 g/mol. The number of fused-ring (bicyclic) bond motifs is 2. The maximum atomic E-state index is 11.5. The van der Waals surface area contributed by atoms with Crippen molar-refractivity contribution in [3.05, 3.63) is 16.9 Å². The van der Waals surface area contributed by atoms with E-state index in [1.165, 1.54) is 0 Å². The van der Waals surface area contributed by atoms with Crippen LogP contribution in [0.1, 0.15) is 33.6 Å². The highest BCUT2D eigenvalue weighted by Crippen LogP contribution is 2.50. The Hall–Kier alpha value is -1.37. The molecule has 0 radical (unpaired) electrons. The SMILES string of the molecule is CC(C)(C)C12CCC(CN(C(=O)O)C1)N2c1ncc(Br)cn1. The van der Waals surface area contributed by atoms with Crippen LogP contribution in [-0.2, 0) is 0 Å². The van der Waals surface area contributed by atoms with Gasteiger partial charge in [-0.1, -0.05) is 20.8 Å². The van der Waals surface area contributed by atoms with Crippen LogP contribution >= 0.6 is 15.9 Å². The number of anilines is 1. The van der Waals surface area contributed by atoms with E-state index in [1.54, 1.807) is 17.3 Å². The van der Waals surface area contributed by atoms with Gasteiger partial charge in [-0.3, -0.25) is 0 Å². The molecule has 1 aromatic rings. The van der Waals surface area contributed by atoms with Crippen molar-refractivity contribution in [3.63, 3.8) is 0 Å². The van der Waals surface area contributed by atoms with Crippen LogP contribution in [0.25, 0.3) is 0 Å². The Morgan fingerprint density at radius 2 is 2.05 bits per heavy atom. The number of amides is 1. The maximum absolute atomic E-state index is 11.5. The number of hydrogen-bond donors (Lipinski definition) is 1. The molecule has 2 unspecified atom stereocenters. The van der Waals surface area contributed by atoms with Gasteiger partial charge in [-0.15, -0.1) is 0 Å². The first kappa shape index (κ1) is 15.5. The summed E-state index contributed by atoms with van der Waals surface area (Å²) >= 11 is 3.37. The molecule has 0 aromatic carbocycles. The smallest absolute Gasteiger partial charge is 0.407 e.